The summed E-state index contributed by atoms with van der Waals surface area (Å²) in [7, 11) is 0. The van der Waals surface area contributed by atoms with Crippen molar-refractivity contribution in [2.75, 3.05) is 44.5 Å². The normalized spacial score (nSPS) is 21.0. The minimum absolute atomic E-state index is 0.0559. The molecule has 2 fully saturated rings. The van der Waals surface area contributed by atoms with Gasteiger partial charge in [-0.25, -0.2) is 8.78 Å². The van der Waals surface area contributed by atoms with Crippen molar-refractivity contribution in [2.45, 2.75) is 18.6 Å². The van der Waals surface area contributed by atoms with E-state index in [9.17, 15) is 8.78 Å². The number of alkyl halides is 1. The van der Waals surface area contributed by atoms with Crippen LogP contribution in [-0.2, 0) is 9.47 Å². The molecule has 1 aromatic carbocycles. The van der Waals surface area contributed by atoms with Crippen LogP contribution in [0.15, 0.2) is 18.2 Å². The van der Waals surface area contributed by atoms with Gasteiger partial charge in [-0.15, -0.1) is 0 Å². The highest BCUT2D eigenvalue weighted by molar-refractivity contribution is 5.51. The maximum absolute atomic E-state index is 14.2. The summed E-state index contributed by atoms with van der Waals surface area (Å²) in [6.45, 7) is 1.99. The first-order valence-corrected chi connectivity index (χ1v) is 7.24. The first kappa shape index (κ1) is 14.5. The molecule has 0 saturated carbocycles. The smallest absolute Gasteiger partial charge is 0.171 e. The van der Waals surface area contributed by atoms with Gasteiger partial charge in [-0.1, -0.05) is 0 Å². The molecule has 2 aliphatic heterocycles. The Morgan fingerprint density at radius 3 is 2.52 bits per heavy atom. The molecular formula is C15H19F2NO3. The zero-order chi connectivity index (χ0) is 14.7. The average Bonchev–Trinajstić information content (AvgIpc) is 2.95. The van der Waals surface area contributed by atoms with Gasteiger partial charge in [-0.05, 0) is 12.1 Å². The second kappa shape index (κ2) is 6.15. The number of benzene rings is 1. The van der Waals surface area contributed by atoms with E-state index in [0.29, 0.717) is 37.7 Å². The van der Waals surface area contributed by atoms with Crippen LogP contribution in [0.25, 0.3) is 0 Å². The number of hydrogen-bond acceptors (Lipinski definition) is 4. The number of rotatable bonds is 4. The first-order chi connectivity index (χ1) is 10.2. The maximum Gasteiger partial charge on any atom is 0.171 e. The van der Waals surface area contributed by atoms with Crippen molar-refractivity contribution >= 4 is 5.69 Å². The molecule has 2 heterocycles. The highest BCUT2D eigenvalue weighted by Crippen LogP contribution is 2.34. The van der Waals surface area contributed by atoms with E-state index in [1.165, 1.54) is 6.07 Å². The van der Waals surface area contributed by atoms with Gasteiger partial charge in [0.15, 0.2) is 5.79 Å². The van der Waals surface area contributed by atoms with Crippen LogP contribution in [0.3, 0.4) is 0 Å². The lowest BCUT2D eigenvalue weighted by molar-refractivity contribution is -0.169. The molecule has 0 amide bonds. The molecule has 0 aliphatic carbocycles. The Hall–Kier alpha value is -1.40. The summed E-state index contributed by atoms with van der Waals surface area (Å²) in [6, 6.07) is 4.65. The molecule has 0 radical (unpaired) electrons. The van der Waals surface area contributed by atoms with Crippen molar-refractivity contribution in [2.24, 2.45) is 0 Å². The maximum atomic E-state index is 14.2. The van der Waals surface area contributed by atoms with Crippen molar-refractivity contribution in [3.8, 4) is 5.75 Å². The van der Waals surface area contributed by atoms with Gasteiger partial charge < -0.3 is 19.1 Å². The molecule has 6 heteroatoms. The molecule has 0 atom stereocenters. The molecule has 2 saturated heterocycles. The van der Waals surface area contributed by atoms with Crippen LogP contribution in [0, 0.1) is 5.82 Å². The summed E-state index contributed by atoms with van der Waals surface area (Å²) in [5.74, 6) is -0.461. The lowest BCUT2D eigenvalue weighted by atomic mass is 10.0. The van der Waals surface area contributed by atoms with E-state index in [0.717, 1.165) is 12.8 Å². The standard InChI is InChI=1S/C15H19F2NO3/c16-5-8-19-12-1-2-14(13(17)11-12)18-6-3-15(4-7-18)20-9-10-21-15/h1-2,11H,3-10H2. The van der Waals surface area contributed by atoms with E-state index in [2.05, 4.69) is 0 Å². The van der Waals surface area contributed by atoms with Crippen LogP contribution in [0.4, 0.5) is 14.5 Å². The molecular weight excluding hydrogens is 280 g/mol. The number of nitrogens with zero attached hydrogens (tertiary/aromatic N) is 1. The highest BCUT2D eigenvalue weighted by atomic mass is 19.1. The molecule has 116 valence electrons. The summed E-state index contributed by atoms with van der Waals surface area (Å²) in [5.41, 5.74) is 0.537. The second-order valence-electron chi connectivity index (χ2n) is 5.25. The Morgan fingerprint density at radius 1 is 1.19 bits per heavy atom. The van der Waals surface area contributed by atoms with Gasteiger partial charge in [0.25, 0.3) is 0 Å². The zero-order valence-electron chi connectivity index (χ0n) is 11.8. The van der Waals surface area contributed by atoms with Gasteiger partial charge in [0.2, 0.25) is 0 Å². The minimum Gasteiger partial charge on any atom is -0.491 e. The monoisotopic (exact) mass is 299 g/mol. The number of ether oxygens (including phenoxy) is 3. The molecule has 3 rings (SSSR count). The van der Waals surface area contributed by atoms with Crippen molar-refractivity contribution in [3.63, 3.8) is 0 Å². The van der Waals surface area contributed by atoms with Crippen LogP contribution >= 0.6 is 0 Å². The van der Waals surface area contributed by atoms with Gasteiger partial charge in [0, 0.05) is 32.0 Å². The Bertz CT molecular complexity index is 482. The van der Waals surface area contributed by atoms with E-state index < -0.39 is 12.5 Å². The van der Waals surface area contributed by atoms with Crippen LogP contribution < -0.4 is 9.64 Å². The highest BCUT2D eigenvalue weighted by Gasteiger charge is 2.40. The van der Waals surface area contributed by atoms with E-state index in [-0.39, 0.29) is 12.4 Å². The predicted octanol–water partition coefficient (Wildman–Crippen LogP) is 2.52. The van der Waals surface area contributed by atoms with Crippen LogP contribution in [0.1, 0.15) is 12.8 Å². The molecule has 1 aromatic rings. The van der Waals surface area contributed by atoms with Gasteiger partial charge in [-0.2, -0.15) is 0 Å². The van der Waals surface area contributed by atoms with Crippen molar-refractivity contribution in [1.29, 1.82) is 0 Å². The SMILES string of the molecule is FCCOc1ccc(N2CCC3(CC2)OCCO3)c(F)c1. The van der Waals surface area contributed by atoms with Crippen molar-refractivity contribution in [1.82, 2.24) is 0 Å². The molecule has 0 bridgehead atoms. The third kappa shape index (κ3) is 3.11. The molecule has 2 aliphatic rings. The van der Waals surface area contributed by atoms with Crippen LogP contribution in [0.5, 0.6) is 5.75 Å². The van der Waals surface area contributed by atoms with Gasteiger partial charge in [-0.3, -0.25) is 0 Å². The molecule has 4 nitrogen and oxygen atoms in total. The van der Waals surface area contributed by atoms with Gasteiger partial charge in [0.05, 0.1) is 18.9 Å². The Labute approximate surface area is 122 Å². The Balaban J connectivity index is 1.64. The third-order valence-corrected chi connectivity index (χ3v) is 3.94. The fourth-order valence-electron chi connectivity index (χ4n) is 2.86. The van der Waals surface area contributed by atoms with Gasteiger partial charge >= 0.3 is 0 Å². The second-order valence-corrected chi connectivity index (χ2v) is 5.25. The number of halogens is 2. The Kier molecular flexibility index (Phi) is 4.26. The fourth-order valence-corrected chi connectivity index (χ4v) is 2.86. The zero-order valence-corrected chi connectivity index (χ0v) is 11.8. The summed E-state index contributed by atoms with van der Waals surface area (Å²) >= 11 is 0. The number of anilines is 1. The summed E-state index contributed by atoms with van der Waals surface area (Å²) in [6.07, 6.45) is 1.46. The van der Waals surface area contributed by atoms with Crippen LogP contribution in [0.2, 0.25) is 0 Å². The van der Waals surface area contributed by atoms with E-state index in [4.69, 9.17) is 14.2 Å². The lowest BCUT2D eigenvalue weighted by Crippen LogP contribution is -2.45. The van der Waals surface area contributed by atoms with E-state index in [1.54, 1.807) is 12.1 Å². The van der Waals surface area contributed by atoms with E-state index >= 15 is 0 Å². The quantitative estimate of drug-likeness (QED) is 0.855. The predicted molar refractivity (Wildman–Crippen MR) is 74.0 cm³/mol. The molecule has 1 spiro atoms. The average molecular weight is 299 g/mol. The number of hydrogen-bond donors (Lipinski definition) is 0. The fraction of sp³-hybridized carbons (Fsp3) is 0.600. The molecule has 0 unspecified atom stereocenters. The lowest BCUT2D eigenvalue weighted by Gasteiger charge is -2.38. The van der Waals surface area contributed by atoms with E-state index in [1.807, 2.05) is 4.90 Å². The summed E-state index contributed by atoms with van der Waals surface area (Å²) in [5, 5.41) is 0. The van der Waals surface area contributed by atoms with Crippen LogP contribution in [-0.4, -0.2) is 45.4 Å². The van der Waals surface area contributed by atoms with Gasteiger partial charge in [0.1, 0.15) is 24.8 Å². The molecule has 0 aromatic heterocycles. The van der Waals surface area contributed by atoms with Crippen molar-refractivity contribution < 1.29 is 23.0 Å². The summed E-state index contributed by atoms with van der Waals surface area (Å²) in [4.78, 5) is 1.98. The summed E-state index contributed by atoms with van der Waals surface area (Å²) < 4.78 is 42.6. The minimum atomic E-state index is -0.586. The molecule has 21 heavy (non-hydrogen) atoms. The molecule has 0 N–H and O–H groups in total. The Morgan fingerprint density at radius 2 is 1.90 bits per heavy atom. The largest absolute Gasteiger partial charge is 0.491 e. The topological polar surface area (TPSA) is 30.9 Å². The first-order valence-electron chi connectivity index (χ1n) is 7.24. The van der Waals surface area contributed by atoms with Crippen molar-refractivity contribution in [3.05, 3.63) is 24.0 Å². The number of piperidine rings is 1. The third-order valence-electron chi connectivity index (χ3n) is 3.94.